The van der Waals surface area contributed by atoms with Crippen LogP contribution in [0.5, 0.6) is 0 Å². The first kappa shape index (κ1) is 18.3. The summed E-state index contributed by atoms with van der Waals surface area (Å²) in [7, 11) is 0. The van der Waals surface area contributed by atoms with Gasteiger partial charge in [0.15, 0.2) is 0 Å². The molecule has 26 heavy (non-hydrogen) atoms. The van der Waals surface area contributed by atoms with E-state index in [4.69, 9.17) is 11.6 Å². The Balaban J connectivity index is 1.62. The number of para-hydroxylation sites is 1. The van der Waals surface area contributed by atoms with Crippen molar-refractivity contribution in [2.45, 2.75) is 12.6 Å². The Bertz CT molecular complexity index is 854. The Morgan fingerprint density at radius 2 is 1.62 bits per heavy atom. The summed E-state index contributed by atoms with van der Waals surface area (Å²) < 4.78 is 38.9. The second-order valence-corrected chi connectivity index (χ2v) is 6.42. The summed E-state index contributed by atoms with van der Waals surface area (Å²) in [5, 5.41) is 5.38. The fraction of sp³-hybridized carbons (Fsp3) is 0.222. The number of benzene rings is 2. The summed E-state index contributed by atoms with van der Waals surface area (Å²) in [6, 6.07) is 11.3. The van der Waals surface area contributed by atoms with E-state index in [2.05, 4.69) is 10.6 Å². The molecule has 136 valence electrons. The van der Waals surface area contributed by atoms with Gasteiger partial charge in [-0.05, 0) is 36.8 Å². The van der Waals surface area contributed by atoms with Gasteiger partial charge < -0.3 is 10.6 Å². The predicted octanol–water partition coefficient (Wildman–Crippen LogP) is 4.57. The molecular formula is C18H14ClF3N2O2. The molecule has 2 unspecified atom stereocenters. The first-order valence-corrected chi connectivity index (χ1v) is 8.17. The van der Waals surface area contributed by atoms with E-state index in [9.17, 15) is 22.8 Å². The van der Waals surface area contributed by atoms with Crippen LogP contribution in [0.4, 0.5) is 24.5 Å². The summed E-state index contributed by atoms with van der Waals surface area (Å²) in [6.07, 6.45) is -4.29. The average Bonchev–Trinajstić information content (AvgIpc) is 3.35. The summed E-state index contributed by atoms with van der Waals surface area (Å²) >= 11 is 5.84. The zero-order valence-electron chi connectivity index (χ0n) is 13.3. The fourth-order valence-electron chi connectivity index (χ4n) is 2.64. The third-order valence-electron chi connectivity index (χ3n) is 4.05. The first-order chi connectivity index (χ1) is 12.3. The second kappa shape index (κ2) is 6.99. The molecule has 1 aliphatic carbocycles. The maximum Gasteiger partial charge on any atom is 0.418 e. The molecule has 0 radical (unpaired) electrons. The zero-order valence-corrected chi connectivity index (χ0v) is 14.1. The van der Waals surface area contributed by atoms with Crippen LogP contribution in [-0.4, -0.2) is 11.8 Å². The highest BCUT2D eigenvalue weighted by Gasteiger charge is 2.48. The van der Waals surface area contributed by atoms with Gasteiger partial charge in [0.1, 0.15) is 0 Å². The third-order valence-corrected chi connectivity index (χ3v) is 4.28. The normalized spacial score (nSPS) is 18.9. The molecule has 2 aromatic rings. The molecular weight excluding hydrogens is 369 g/mol. The van der Waals surface area contributed by atoms with Crippen LogP contribution in [-0.2, 0) is 15.8 Å². The van der Waals surface area contributed by atoms with Gasteiger partial charge in [0.2, 0.25) is 11.8 Å². The quantitative estimate of drug-likeness (QED) is 0.813. The van der Waals surface area contributed by atoms with Gasteiger partial charge in [0.05, 0.1) is 23.1 Å². The fourth-order valence-corrected chi connectivity index (χ4v) is 2.83. The topological polar surface area (TPSA) is 58.2 Å². The first-order valence-electron chi connectivity index (χ1n) is 7.79. The van der Waals surface area contributed by atoms with Crippen LogP contribution in [0.25, 0.3) is 0 Å². The van der Waals surface area contributed by atoms with Crippen molar-refractivity contribution in [3.8, 4) is 0 Å². The van der Waals surface area contributed by atoms with Gasteiger partial charge in [-0.25, -0.2) is 0 Å². The van der Waals surface area contributed by atoms with Gasteiger partial charge in [-0.1, -0.05) is 29.8 Å². The van der Waals surface area contributed by atoms with E-state index in [-0.39, 0.29) is 18.0 Å². The summed E-state index contributed by atoms with van der Waals surface area (Å²) in [5.74, 6) is -2.20. The molecule has 1 saturated carbocycles. The monoisotopic (exact) mass is 382 g/mol. The Morgan fingerprint density at radius 1 is 0.962 bits per heavy atom. The van der Waals surface area contributed by atoms with Crippen molar-refractivity contribution >= 4 is 34.8 Å². The molecule has 1 fully saturated rings. The van der Waals surface area contributed by atoms with E-state index in [0.29, 0.717) is 10.7 Å². The molecule has 0 aliphatic heterocycles. The Hall–Kier alpha value is -2.54. The second-order valence-electron chi connectivity index (χ2n) is 5.98. The molecule has 1 aliphatic rings. The molecule has 2 aromatic carbocycles. The number of hydrogen-bond donors (Lipinski definition) is 2. The van der Waals surface area contributed by atoms with Crippen LogP contribution >= 0.6 is 11.6 Å². The average molecular weight is 383 g/mol. The number of amides is 2. The number of hydrogen-bond acceptors (Lipinski definition) is 2. The third kappa shape index (κ3) is 4.16. The predicted molar refractivity (Wildman–Crippen MR) is 91.8 cm³/mol. The Labute approximate surface area is 152 Å². The smallest absolute Gasteiger partial charge is 0.326 e. The van der Waals surface area contributed by atoms with Crippen LogP contribution in [0.3, 0.4) is 0 Å². The molecule has 0 spiro atoms. The molecule has 4 nitrogen and oxygen atoms in total. The largest absolute Gasteiger partial charge is 0.418 e. The van der Waals surface area contributed by atoms with Crippen molar-refractivity contribution in [2.24, 2.45) is 11.8 Å². The molecule has 3 rings (SSSR count). The van der Waals surface area contributed by atoms with Crippen molar-refractivity contribution < 1.29 is 22.8 Å². The van der Waals surface area contributed by atoms with Crippen LogP contribution < -0.4 is 10.6 Å². The molecule has 2 amide bonds. The Morgan fingerprint density at radius 3 is 2.27 bits per heavy atom. The number of alkyl halides is 3. The van der Waals surface area contributed by atoms with Crippen molar-refractivity contribution in [1.82, 2.24) is 0 Å². The van der Waals surface area contributed by atoms with Crippen molar-refractivity contribution in [3.05, 3.63) is 59.1 Å². The van der Waals surface area contributed by atoms with Gasteiger partial charge in [0.25, 0.3) is 0 Å². The van der Waals surface area contributed by atoms with E-state index in [1.165, 1.54) is 18.2 Å². The van der Waals surface area contributed by atoms with Gasteiger partial charge in [-0.3, -0.25) is 9.59 Å². The highest BCUT2D eigenvalue weighted by atomic mass is 35.5. The number of carbonyl (C=O) groups excluding carboxylic acids is 2. The summed E-state index contributed by atoms with van der Waals surface area (Å²) in [5.41, 5.74) is -0.740. The molecule has 2 N–H and O–H groups in total. The lowest BCUT2D eigenvalue weighted by Gasteiger charge is -2.13. The number of anilines is 2. The lowest BCUT2D eigenvalue weighted by atomic mass is 10.1. The molecule has 0 heterocycles. The van der Waals surface area contributed by atoms with Gasteiger partial charge in [-0.15, -0.1) is 0 Å². The highest BCUT2D eigenvalue weighted by molar-refractivity contribution is 6.30. The molecule has 0 saturated heterocycles. The standard InChI is InChI=1S/C18H14ClF3N2O2/c19-10-4-3-5-11(8-10)23-16(25)12-9-13(12)17(26)24-15-7-2-1-6-14(15)18(20,21)22/h1-8,12-13H,9H2,(H,23,25)(H,24,26). The lowest BCUT2D eigenvalue weighted by Crippen LogP contribution is -2.22. The van der Waals surface area contributed by atoms with Crippen molar-refractivity contribution in [3.63, 3.8) is 0 Å². The van der Waals surface area contributed by atoms with E-state index >= 15 is 0 Å². The summed E-state index contributed by atoms with van der Waals surface area (Å²) in [6.45, 7) is 0. The highest BCUT2D eigenvalue weighted by Crippen LogP contribution is 2.41. The molecule has 0 bridgehead atoms. The minimum absolute atomic E-state index is 0.284. The maximum absolute atomic E-state index is 13.0. The van der Waals surface area contributed by atoms with Crippen LogP contribution in [0.2, 0.25) is 5.02 Å². The van der Waals surface area contributed by atoms with Crippen molar-refractivity contribution in [1.29, 1.82) is 0 Å². The van der Waals surface area contributed by atoms with Gasteiger partial charge in [0, 0.05) is 10.7 Å². The molecule has 0 aromatic heterocycles. The van der Waals surface area contributed by atoms with Crippen molar-refractivity contribution in [2.75, 3.05) is 10.6 Å². The minimum Gasteiger partial charge on any atom is -0.326 e. The van der Waals surface area contributed by atoms with Gasteiger partial charge >= 0.3 is 6.18 Å². The van der Waals surface area contributed by atoms with E-state index in [1.54, 1.807) is 24.3 Å². The van der Waals surface area contributed by atoms with E-state index in [1.807, 2.05) is 0 Å². The lowest BCUT2D eigenvalue weighted by molar-refractivity contribution is -0.137. The van der Waals surface area contributed by atoms with Crippen LogP contribution in [0, 0.1) is 11.8 Å². The van der Waals surface area contributed by atoms with Crippen LogP contribution in [0.1, 0.15) is 12.0 Å². The number of nitrogens with one attached hydrogen (secondary N) is 2. The van der Waals surface area contributed by atoms with E-state index in [0.717, 1.165) is 6.07 Å². The number of halogens is 4. The maximum atomic E-state index is 13.0. The minimum atomic E-state index is -4.57. The summed E-state index contributed by atoms with van der Waals surface area (Å²) in [4.78, 5) is 24.4. The van der Waals surface area contributed by atoms with E-state index < -0.39 is 29.5 Å². The molecule has 8 heteroatoms. The SMILES string of the molecule is O=C(Nc1cccc(Cl)c1)C1CC1C(=O)Nc1ccccc1C(F)(F)F. The number of rotatable bonds is 4. The van der Waals surface area contributed by atoms with Gasteiger partial charge in [-0.2, -0.15) is 13.2 Å². The number of carbonyl (C=O) groups is 2. The Kier molecular flexibility index (Phi) is 4.91. The molecule has 2 atom stereocenters. The van der Waals surface area contributed by atoms with Crippen LogP contribution in [0.15, 0.2) is 48.5 Å². The zero-order chi connectivity index (χ0) is 18.9.